The molecule has 0 amide bonds. The number of anilines is 4. The quantitative estimate of drug-likeness (QED) is 0.160. The molecule has 4 atom stereocenters. The van der Waals surface area contributed by atoms with E-state index in [2.05, 4.69) is 208 Å². The largest absolute Gasteiger partial charge is 0.335 e. The van der Waals surface area contributed by atoms with Crippen LogP contribution in [0.3, 0.4) is 0 Å². The van der Waals surface area contributed by atoms with Crippen molar-refractivity contribution in [2.45, 2.75) is 186 Å². The molecule has 4 unspecified atom stereocenters. The summed E-state index contributed by atoms with van der Waals surface area (Å²) < 4.78 is 2.76. The maximum absolute atomic E-state index is 2.99. The molecule has 352 valence electrons. The molecule has 2 aliphatic carbocycles. The van der Waals surface area contributed by atoms with Gasteiger partial charge in [0, 0.05) is 55.6 Å². The Labute approximate surface area is 413 Å². The van der Waals surface area contributed by atoms with Crippen molar-refractivity contribution in [3.63, 3.8) is 0 Å². The maximum Gasteiger partial charge on any atom is 0.252 e. The maximum atomic E-state index is 2.99. The van der Waals surface area contributed by atoms with Gasteiger partial charge < -0.3 is 14.4 Å². The molecule has 6 aliphatic rings. The molecule has 2 saturated carbocycles. The minimum absolute atomic E-state index is 0.0225. The van der Waals surface area contributed by atoms with E-state index in [4.69, 9.17) is 0 Å². The number of hydrogen-bond acceptors (Lipinski definition) is 2. The van der Waals surface area contributed by atoms with Crippen LogP contribution >= 0.6 is 0 Å². The highest BCUT2D eigenvalue weighted by Crippen LogP contribution is 2.66. The van der Waals surface area contributed by atoms with E-state index >= 15 is 0 Å². The molecule has 0 spiro atoms. The Morgan fingerprint density at radius 3 is 1.86 bits per heavy atom. The average molecular weight is 908 g/mol. The lowest BCUT2D eigenvalue weighted by molar-refractivity contribution is 0.194. The number of benzene rings is 6. The van der Waals surface area contributed by atoms with Crippen molar-refractivity contribution in [3.8, 4) is 5.69 Å². The van der Waals surface area contributed by atoms with Crippen molar-refractivity contribution >= 4 is 67.7 Å². The van der Waals surface area contributed by atoms with Gasteiger partial charge in [0.2, 0.25) is 0 Å². The Bertz CT molecular complexity index is 3390. The molecule has 0 N–H and O–H groups in total. The van der Waals surface area contributed by atoms with Crippen LogP contribution in [0.2, 0.25) is 0 Å². The summed E-state index contributed by atoms with van der Waals surface area (Å²) in [4.78, 5) is 5.89. The first-order chi connectivity index (χ1) is 32.5. The molecule has 13 rings (SSSR count). The van der Waals surface area contributed by atoms with Crippen LogP contribution in [0.4, 0.5) is 22.7 Å². The molecule has 1 aromatic heterocycles. The number of fused-ring (bicyclic) bond motifs is 13. The number of aromatic nitrogens is 1. The highest BCUT2D eigenvalue weighted by Gasteiger charge is 2.64. The van der Waals surface area contributed by atoms with Crippen LogP contribution in [0.25, 0.3) is 27.5 Å². The second-order valence-electron chi connectivity index (χ2n) is 26.7. The smallest absolute Gasteiger partial charge is 0.252 e. The third kappa shape index (κ3) is 5.32. The first-order valence-electron chi connectivity index (χ1n) is 26.8. The summed E-state index contributed by atoms with van der Waals surface area (Å²) in [6.45, 7) is 34.5. The van der Waals surface area contributed by atoms with Gasteiger partial charge in [0.05, 0.1) is 16.6 Å². The van der Waals surface area contributed by atoms with E-state index in [1.807, 2.05) is 0 Å². The van der Waals surface area contributed by atoms with Crippen molar-refractivity contribution in [1.29, 1.82) is 0 Å². The highest BCUT2D eigenvalue weighted by atomic mass is 15.3. The summed E-state index contributed by atoms with van der Waals surface area (Å²) in [6.07, 6.45) is 9.69. The molecule has 0 bridgehead atoms. The molecular formula is C65H74BN3. The fourth-order valence-corrected chi connectivity index (χ4v) is 16.2. The zero-order valence-corrected chi connectivity index (χ0v) is 44.3. The fraction of sp³-hybridized carbons (Fsp3) is 0.446. The van der Waals surface area contributed by atoms with E-state index in [1.165, 1.54) is 139 Å². The highest BCUT2D eigenvalue weighted by molar-refractivity contribution is 7.00. The van der Waals surface area contributed by atoms with Gasteiger partial charge in [-0.1, -0.05) is 161 Å². The Morgan fingerprint density at radius 1 is 0.522 bits per heavy atom. The molecule has 2 fully saturated rings. The summed E-state index contributed by atoms with van der Waals surface area (Å²) in [7, 11) is 0. The van der Waals surface area contributed by atoms with Gasteiger partial charge in [-0.2, -0.15) is 0 Å². The van der Waals surface area contributed by atoms with E-state index in [-0.39, 0.29) is 44.9 Å². The van der Waals surface area contributed by atoms with Gasteiger partial charge in [0.25, 0.3) is 6.71 Å². The molecule has 6 aromatic carbocycles. The van der Waals surface area contributed by atoms with Crippen molar-refractivity contribution in [1.82, 2.24) is 4.57 Å². The van der Waals surface area contributed by atoms with Gasteiger partial charge in [-0.05, 0) is 161 Å². The van der Waals surface area contributed by atoms with Crippen molar-refractivity contribution in [2.75, 3.05) is 9.80 Å². The van der Waals surface area contributed by atoms with E-state index in [0.717, 1.165) is 12.8 Å². The first kappa shape index (κ1) is 43.8. The lowest BCUT2D eigenvalue weighted by Crippen LogP contribution is -2.64. The van der Waals surface area contributed by atoms with Crippen molar-refractivity contribution < 1.29 is 0 Å². The van der Waals surface area contributed by atoms with Crippen LogP contribution in [0, 0.1) is 13.8 Å². The molecule has 3 nitrogen and oxygen atoms in total. The third-order valence-electron chi connectivity index (χ3n) is 19.9. The Hall–Kier alpha value is -5.22. The van der Waals surface area contributed by atoms with Crippen LogP contribution in [0.15, 0.2) is 97.1 Å². The van der Waals surface area contributed by atoms with Crippen LogP contribution in [0.5, 0.6) is 0 Å². The van der Waals surface area contributed by atoms with Crippen molar-refractivity contribution in [3.05, 3.63) is 142 Å². The predicted octanol–water partition coefficient (Wildman–Crippen LogP) is 14.9. The van der Waals surface area contributed by atoms with Gasteiger partial charge in [0.1, 0.15) is 0 Å². The third-order valence-corrected chi connectivity index (χ3v) is 19.9. The number of rotatable bonds is 2. The number of nitrogens with zero attached hydrogens (tertiary/aromatic N) is 3. The van der Waals surface area contributed by atoms with Crippen molar-refractivity contribution in [2.24, 2.45) is 0 Å². The van der Waals surface area contributed by atoms with Gasteiger partial charge in [-0.25, -0.2) is 0 Å². The molecule has 4 aliphatic heterocycles. The lowest BCUT2D eigenvalue weighted by Gasteiger charge is -2.54. The predicted molar refractivity (Wildman–Crippen MR) is 296 cm³/mol. The molecule has 5 heterocycles. The van der Waals surface area contributed by atoms with Crippen LogP contribution < -0.4 is 26.2 Å². The standard InChI is InChI=1S/C65H74BN3/c1-39-32-40(2)55-58-54(39)62(12)28-18-19-29-63(62,13)69(58)53-38-45(68-51-27-25-43(60(6,7)8)35-48(51)65(41-22-16-15-17-23-41)31-21-20-30-64(65,68)14)37-52-56(53)66(55)49-36-44(61(9,10)11)34-47-46-33-42(59(3,4)5)24-26-50(46)67(52)57(47)49/h15-17,22-27,32-38H,18-21,28-31H2,1-14H3. The van der Waals surface area contributed by atoms with Crippen LogP contribution in [-0.2, 0) is 27.1 Å². The van der Waals surface area contributed by atoms with E-state index in [9.17, 15) is 0 Å². The molecule has 4 heteroatoms. The van der Waals surface area contributed by atoms with E-state index < -0.39 is 0 Å². The average Bonchev–Trinajstić information content (AvgIpc) is 3.83. The minimum atomic E-state index is -0.200. The molecule has 69 heavy (non-hydrogen) atoms. The van der Waals surface area contributed by atoms with Crippen LogP contribution in [-0.4, -0.2) is 22.4 Å². The summed E-state index contributed by atoms with van der Waals surface area (Å²) in [6, 6.07) is 40.1. The second-order valence-corrected chi connectivity index (χ2v) is 26.7. The zero-order valence-electron chi connectivity index (χ0n) is 44.3. The number of hydrogen-bond donors (Lipinski definition) is 0. The molecule has 0 radical (unpaired) electrons. The first-order valence-corrected chi connectivity index (χ1v) is 26.8. The summed E-state index contributed by atoms with van der Waals surface area (Å²) >= 11 is 0. The summed E-state index contributed by atoms with van der Waals surface area (Å²) in [5.41, 5.74) is 25.7. The molecule has 7 aromatic rings. The summed E-state index contributed by atoms with van der Waals surface area (Å²) in [5.74, 6) is 0. The lowest BCUT2D eigenvalue weighted by atomic mass is 9.33. The normalized spacial score (nSPS) is 25.5. The zero-order chi connectivity index (χ0) is 48.3. The molecular weight excluding hydrogens is 834 g/mol. The Morgan fingerprint density at radius 2 is 1.14 bits per heavy atom. The SMILES string of the molecule is Cc1cc(C)c2c3c1B1c4c(cc(N5c6ccc(C(C)(C)C)cc6C6(c7ccccc7)CCCCC56C)cc4-n4c5ccc(C(C)(C)C)cc5c5cc(C(C)(C)C)cc1c54)N3C1(C)CCCCC21C. The van der Waals surface area contributed by atoms with E-state index in [1.54, 1.807) is 11.0 Å². The second kappa shape index (κ2) is 13.6. The van der Waals surface area contributed by atoms with Gasteiger partial charge in [-0.15, -0.1) is 0 Å². The van der Waals surface area contributed by atoms with Gasteiger partial charge >= 0.3 is 0 Å². The topological polar surface area (TPSA) is 11.4 Å². The monoisotopic (exact) mass is 908 g/mol. The Balaban J connectivity index is 1.21. The minimum Gasteiger partial charge on any atom is -0.335 e. The van der Waals surface area contributed by atoms with Gasteiger partial charge in [0.15, 0.2) is 0 Å². The Kier molecular flexibility index (Phi) is 8.62. The van der Waals surface area contributed by atoms with Crippen LogP contribution in [0.1, 0.15) is 179 Å². The summed E-state index contributed by atoms with van der Waals surface area (Å²) in [5, 5.41) is 2.78. The molecule has 0 saturated heterocycles. The van der Waals surface area contributed by atoms with E-state index in [0.29, 0.717) is 0 Å². The van der Waals surface area contributed by atoms with Gasteiger partial charge in [-0.3, -0.25) is 0 Å². The fourth-order valence-electron chi connectivity index (χ4n) is 16.2. The number of aryl methyl sites for hydroxylation is 2.